The Morgan fingerprint density at radius 3 is 2.65 bits per heavy atom. The average Bonchev–Trinajstić information content (AvgIpc) is 3.05. The zero-order valence-electron chi connectivity index (χ0n) is 14.7. The number of nitrogens with zero attached hydrogens (tertiary/aromatic N) is 2. The lowest BCUT2D eigenvalue weighted by molar-refractivity contribution is 0.185. The Morgan fingerprint density at radius 1 is 1.22 bits per heavy atom. The normalized spacial score (nSPS) is 18.2. The van der Waals surface area contributed by atoms with Gasteiger partial charge in [-0.15, -0.1) is 0 Å². The topological polar surface area (TPSA) is 31.9 Å². The third-order valence-electron chi connectivity index (χ3n) is 5.37. The van der Waals surface area contributed by atoms with Gasteiger partial charge in [0.25, 0.3) is 0 Å². The largest absolute Gasteiger partial charge is 0.303 e. The fraction of sp³-hybridized carbons (Fsp3) is 0.550. The van der Waals surface area contributed by atoms with E-state index in [9.17, 15) is 0 Å². The molecule has 23 heavy (non-hydrogen) atoms. The van der Waals surface area contributed by atoms with Crippen LogP contribution in [0.15, 0.2) is 30.5 Å². The molecule has 1 fully saturated rings. The Balaban J connectivity index is 1.71. The number of piperidine rings is 1. The van der Waals surface area contributed by atoms with Gasteiger partial charge in [-0.2, -0.15) is 5.10 Å². The van der Waals surface area contributed by atoms with Crippen molar-refractivity contribution < 1.29 is 0 Å². The molecular weight excluding hydrogens is 282 g/mol. The molecule has 0 unspecified atom stereocenters. The maximum atomic E-state index is 4.36. The van der Waals surface area contributed by atoms with E-state index >= 15 is 0 Å². The highest BCUT2D eigenvalue weighted by Crippen LogP contribution is 2.35. The van der Waals surface area contributed by atoms with E-state index in [1.165, 1.54) is 61.3 Å². The van der Waals surface area contributed by atoms with E-state index in [2.05, 4.69) is 60.1 Å². The first-order valence-corrected chi connectivity index (χ1v) is 9.00. The number of aryl methyl sites for hydroxylation is 1. The minimum absolute atomic E-state index is 0.611. The summed E-state index contributed by atoms with van der Waals surface area (Å²) in [4.78, 5) is 2.63. The van der Waals surface area contributed by atoms with Crippen molar-refractivity contribution in [3.8, 4) is 11.1 Å². The summed E-state index contributed by atoms with van der Waals surface area (Å²) in [5, 5.41) is 7.66. The zero-order valence-corrected chi connectivity index (χ0v) is 14.7. The first-order valence-electron chi connectivity index (χ1n) is 9.00. The molecule has 1 saturated heterocycles. The van der Waals surface area contributed by atoms with Crippen LogP contribution in [0.5, 0.6) is 0 Å². The van der Waals surface area contributed by atoms with Gasteiger partial charge in [0.1, 0.15) is 0 Å². The van der Waals surface area contributed by atoms with E-state index in [0.29, 0.717) is 5.92 Å². The molecule has 1 aromatic heterocycles. The predicted molar refractivity (Wildman–Crippen MR) is 96.6 cm³/mol. The van der Waals surface area contributed by atoms with Crippen LogP contribution in [0.3, 0.4) is 0 Å². The number of likely N-dealkylation sites (tertiary alicyclic amines) is 1. The number of rotatable bonds is 5. The first-order chi connectivity index (χ1) is 11.2. The molecule has 0 spiro atoms. The van der Waals surface area contributed by atoms with E-state index in [4.69, 9.17) is 0 Å². The van der Waals surface area contributed by atoms with Gasteiger partial charge in [-0.05, 0) is 49.9 Å². The van der Waals surface area contributed by atoms with Gasteiger partial charge in [0, 0.05) is 23.7 Å². The number of hydrogen-bond acceptors (Lipinski definition) is 2. The second-order valence-corrected chi connectivity index (χ2v) is 7.10. The van der Waals surface area contributed by atoms with Gasteiger partial charge in [0.15, 0.2) is 0 Å². The molecule has 3 rings (SSSR count). The summed E-state index contributed by atoms with van der Waals surface area (Å²) in [6.07, 6.45) is 5.75. The molecule has 0 radical (unpaired) electrons. The standard InChI is InChI=1S/C20H29N3/c1-4-15(2)14-23-11-9-17(10-12-23)20-19(13-21-22-20)18-8-6-5-7-16(18)3/h5-8,13,15,17H,4,9-12,14H2,1-3H3,(H,21,22)/t15-/m1/s1. The molecule has 2 aromatic rings. The fourth-order valence-corrected chi connectivity index (χ4v) is 3.67. The molecule has 0 amide bonds. The van der Waals surface area contributed by atoms with Crippen molar-refractivity contribution in [2.24, 2.45) is 5.92 Å². The van der Waals surface area contributed by atoms with E-state index in [-0.39, 0.29) is 0 Å². The monoisotopic (exact) mass is 311 g/mol. The van der Waals surface area contributed by atoms with E-state index < -0.39 is 0 Å². The van der Waals surface area contributed by atoms with Gasteiger partial charge in [0.2, 0.25) is 0 Å². The van der Waals surface area contributed by atoms with Crippen molar-refractivity contribution in [3.63, 3.8) is 0 Å². The molecular formula is C20H29N3. The van der Waals surface area contributed by atoms with E-state index in [1.54, 1.807) is 0 Å². The predicted octanol–water partition coefficient (Wildman–Crippen LogP) is 4.61. The second kappa shape index (κ2) is 7.31. The maximum absolute atomic E-state index is 4.36. The average molecular weight is 311 g/mol. The third-order valence-corrected chi connectivity index (χ3v) is 5.37. The van der Waals surface area contributed by atoms with Crippen LogP contribution >= 0.6 is 0 Å². The molecule has 124 valence electrons. The Bertz CT molecular complexity index is 623. The van der Waals surface area contributed by atoms with Gasteiger partial charge in [0.05, 0.1) is 6.20 Å². The second-order valence-electron chi connectivity index (χ2n) is 7.10. The smallest absolute Gasteiger partial charge is 0.0568 e. The number of aromatic amines is 1. The third kappa shape index (κ3) is 3.66. The Morgan fingerprint density at radius 2 is 1.96 bits per heavy atom. The number of hydrogen-bond donors (Lipinski definition) is 1. The van der Waals surface area contributed by atoms with Crippen LogP contribution in [0.25, 0.3) is 11.1 Å². The molecule has 1 atom stereocenters. The number of benzene rings is 1. The Labute approximate surface area is 140 Å². The lowest BCUT2D eigenvalue weighted by atomic mass is 9.88. The molecule has 1 aliphatic rings. The minimum atomic E-state index is 0.611. The molecule has 0 bridgehead atoms. The van der Waals surface area contributed by atoms with Crippen LogP contribution in [-0.2, 0) is 0 Å². The molecule has 1 aliphatic heterocycles. The van der Waals surface area contributed by atoms with Crippen molar-refractivity contribution in [3.05, 3.63) is 41.7 Å². The van der Waals surface area contributed by atoms with Crippen LogP contribution in [-0.4, -0.2) is 34.7 Å². The number of nitrogens with one attached hydrogen (secondary N) is 1. The van der Waals surface area contributed by atoms with Crippen molar-refractivity contribution in [1.29, 1.82) is 0 Å². The lowest BCUT2D eigenvalue weighted by Crippen LogP contribution is -2.36. The highest BCUT2D eigenvalue weighted by Gasteiger charge is 2.25. The highest BCUT2D eigenvalue weighted by atomic mass is 15.1. The summed E-state index contributed by atoms with van der Waals surface area (Å²) in [6.45, 7) is 10.5. The van der Waals surface area contributed by atoms with E-state index in [0.717, 1.165) is 5.92 Å². The van der Waals surface area contributed by atoms with Gasteiger partial charge in [-0.3, -0.25) is 5.10 Å². The highest BCUT2D eigenvalue weighted by molar-refractivity contribution is 5.69. The van der Waals surface area contributed by atoms with Gasteiger partial charge in [-0.25, -0.2) is 0 Å². The van der Waals surface area contributed by atoms with Crippen LogP contribution in [0.1, 0.15) is 50.3 Å². The molecule has 0 aliphatic carbocycles. The van der Waals surface area contributed by atoms with Gasteiger partial charge in [-0.1, -0.05) is 44.5 Å². The number of H-pyrrole nitrogens is 1. The van der Waals surface area contributed by atoms with E-state index in [1.807, 2.05) is 6.20 Å². The molecule has 0 saturated carbocycles. The summed E-state index contributed by atoms with van der Waals surface area (Å²) in [5.41, 5.74) is 5.27. The number of aromatic nitrogens is 2. The van der Waals surface area contributed by atoms with Crippen LogP contribution in [0, 0.1) is 12.8 Å². The Hall–Kier alpha value is -1.61. The molecule has 2 heterocycles. The minimum Gasteiger partial charge on any atom is -0.303 e. The lowest BCUT2D eigenvalue weighted by Gasteiger charge is -2.33. The molecule has 3 nitrogen and oxygen atoms in total. The van der Waals surface area contributed by atoms with Gasteiger partial charge >= 0.3 is 0 Å². The summed E-state index contributed by atoms with van der Waals surface area (Å²) in [5.74, 6) is 1.42. The van der Waals surface area contributed by atoms with Crippen molar-refractivity contribution in [1.82, 2.24) is 15.1 Å². The summed E-state index contributed by atoms with van der Waals surface area (Å²) >= 11 is 0. The zero-order chi connectivity index (χ0) is 16.2. The van der Waals surface area contributed by atoms with Gasteiger partial charge < -0.3 is 4.90 Å². The fourth-order valence-electron chi connectivity index (χ4n) is 3.67. The molecule has 1 aromatic carbocycles. The maximum Gasteiger partial charge on any atom is 0.0568 e. The van der Waals surface area contributed by atoms with Crippen LogP contribution in [0.4, 0.5) is 0 Å². The first kappa shape index (κ1) is 16.3. The molecule has 1 N–H and O–H groups in total. The summed E-state index contributed by atoms with van der Waals surface area (Å²) in [6, 6.07) is 8.61. The Kier molecular flexibility index (Phi) is 5.16. The molecule has 3 heteroatoms. The van der Waals surface area contributed by atoms with Crippen LogP contribution < -0.4 is 0 Å². The summed E-state index contributed by atoms with van der Waals surface area (Å²) < 4.78 is 0. The van der Waals surface area contributed by atoms with Crippen molar-refractivity contribution in [2.75, 3.05) is 19.6 Å². The van der Waals surface area contributed by atoms with Crippen molar-refractivity contribution >= 4 is 0 Å². The summed E-state index contributed by atoms with van der Waals surface area (Å²) in [7, 11) is 0. The van der Waals surface area contributed by atoms with Crippen molar-refractivity contribution in [2.45, 2.75) is 46.0 Å². The quantitative estimate of drug-likeness (QED) is 0.874. The van der Waals surface area contributed by atoms with Crippen LogP contribution in [0.2, 0.25) is 0 Å². The SMILES string of the molecule is CC[C@@H](C)CN1CCC(c2[nH]ncc2-c2ccccc2C)CC1.